The summed E-state index contributed by atoms with van der Waals surface area (Å²) < 4.78 is 42.0. The van der Waals surface area contributed by atoms with Gasteiger partial charge in [0.15, 0.2) is 0 Å². The van der Waals surface area contributed by atoms with Gasteiger partial charge in [-0.05, 0) is 38.5 Å². The summed E-state index contributed by atoms with van der Waals surface area (Å²) in [7, 11) is -2.16. The van der Waals surface area contributed by atoms with Crippen LogP contribution < -0.4 is 4.72 Å². The highest BCUT2D eigenvalue weighted by molar-refractivity contribution is 7.89. The maximum Gasteiger partial charge on any atom is 0.244 e. The number of nitrogens with one attached hydrogen (secondary N) is 1. The van der Waals surface area contributed by atoms with E-state index in [1.54, 1.807) is 27.8 Å². The van der Waals surface area contributed by atoms with Crippen molar-refractivity contribution in [2.45, 2.75) is 37.8 Å². The molecular formula is C15H20FN3O3S. The first-order valence-electron chi connectivity index (χ1n) is 7.09. The molecule has 23 heavy (non-hydrogen) atoms. The number of rotatable bonds is 5. The highest BCUT2D eigenvalue weighted by atomic mass is 32.2. The van der Waals surface area contributed by atoms with Gasteiger partial charge in [0, 0.05) is 13.1 Å². The number of nitrogens with zero attached hydrogens (tertiary/aromatic N) is 2. The quantitative estimate of drug-likeness (QED) is 0.865. The fourth-order valence-electron chi connectivity index (χ4n) is 2.46. The molecule has 0 aliphatic carbocycles. The average Bonchev–Trinajstić information content (AvgIpc) is 2.72. The minimum Gasteiger partial charge on any atom is -0.387 e. The first kappa shape index (κ1) is 17.6. The molecule has 2 N–H and O–H groups in total. The molecule has 0 spiro atoms. The van der Waals surface area contributed by atoms with Gasteiger partial charge in [-0.1, -0.05) is 12.1 Å². The Morgan fingerprint density at radius 3 is 2.30 bits per heavy atom. The van der Waals surface area contributed by atoms with Gasteiger partial charge in [-0.2, -0.15) is 5.10 Å². The van der Waals surface area contributed by atoms with Crippen LogP contribution in [0.5, 0.6) is 0 Å². The predicted octanol–water partition coefficient (Wildman–Crippen LogP) is 1.58. The van der Waals surface area contributed by atoms with Crippen LogP contribution >= 0.6 is 0 Å². The second-order valence-electron chi connectivity index (χ2n) is 5.53. The first-order chi connectivity index (χ1) is 10.6. The highest BCUT2D eigenvalue weighted by Crippen LogP contribution is 2.22. The Balaban J connectivity index is 2.24. The Morgan fingerprint density at radius 1 is 1.26 bits per heavy atom. The van der Waals surface area contributed by atoms with Gasteiger partial charge in [0.1, 0.15) is 10.7 Å². The Hall–Kier alpha value is -1.77. The lowest BCUT2D eigenvalue weighted by Crippen LogP contribution is -2.37. The first-order valence-corrected chi connectivity index (χ1v) is 8.58. The molecule has 1 aromatic carbocycles. The second-order valence-corrected chi connectivity index (χ2v) is 7.18. The molecule has 1 aromatic heterocycles. The summed E-state index contributed by atoms with van der Waals surface area (Å²) in [6.07, 6.45) is -1.09. The number of aliphatic hydroxyl groups excluding tert-OH is 1. The smallest absolute Gasteiger partial charge is 0.244 e. The van der Waals surface area contributed by atoms with Crippen LogP contribution in [-0.2, 0) is 17.1 Å². The van der Waals surface area contributed by atoms with Gasteiger partial charge < -0.3 is 5.11 Å². The molecule has 0 fully saturated rings. The highest BCUT2D eigenvalue weighted by Gasteiger charge is 2.28. The van der Waals surface area contributed by atoms with Gasteiger partial charge in [-0.25, -0.2) is 17.5 Å². The van der Waals surface area contributed by atoms with Crippen LogP contribution in [0.15, 0.2) is 29.2 Å². The van der Waals surface area contributed by atoms with Gasteiger partial charge in [0.2, 0.25) is 10.0 Å². The minimum atomic E-state index is -3.83. The third-order valence-electron chi connectivity index (χ3n) is 3.74. The molecule has 126 valence electrons. The van der Waals surface area contributed by atoms with Gasteiger partial charge in [0.05, 0.1) is 17.5 Å². The van der Waals surface area contributed by atoms with Crippen molar-refractivity contribution >= 4 is 10.0 Å². The molecule has 2 rings (SSSR count). The van der Waals surface area contributed by atoms with E-state index in [1.807, 2.05) is 0 Å². The number of aryl methyl sites for hydroxylation is 2. The molecule has 0 amide bonds. The molecule has 6 nitrogen and oxygen atoms in total. The molecule has 0 bridgehead atoms. The summed E-state index contributed by atoms with van der Waals surface area (Å²) in [5, 5.41) is 14.4. The molecule has 0 saturated carbocycles. The lowest BCUT2D eigenvalue weighted by atomic mass is 10.0. The normalized spacial score (nSPS) is 14.7. The van der Waals surface area contributed by atoms with E-state index in [1.165, 1.54) is 28.9 Å². The summed E-state index contributed by atoms with van der Waals surface area (Å²) in [5.41, 5.74) is 1.33. The lowest BCUT2D eigenvalue weighted by molar-refractivity contribution is 0.146. The molecule has 2 aromatic rings. The van der Waals surface area contributed by atoms with E-state index in [0.29, 0.717) is 17.0 Å². The molecular weight excluding hydrogens is 321 g/mol. The number of hydrogen-bond donors (Lipinski definition) is 2. The maximum absolute atomic E-state index is 12.9. The van der Waals surface area contributed by atoms with Crippen molar-refractivity contribution in [1.29, 1.82) is 0 Å². The molecule has 0 aliphatic heterocycles. The number of halogens is 1. The SMILES string of the molecule is Cc1nn(C)c(C)c1S(=O)(=O)NC(C)C(O)c1ccc(F)cc1. The second kappa shape index (κ2) is 6.38. The van der Waals surface area contributed by atoms with E-state index < -0.39 is 28.0 Å². The Labute approximate surface area is 135 Å². The fourth-order valence-corrected chi connectivity index (χ4v) is 4.15. The van der Waals surface area contributed by atoms with Crippen LogP contribution in [0.1, 0.15) is 30.0 Å². The number of sulfonamides is 1. The van der Waals surface area contributed by atoms with Crippen LogP contribution in [0.25, 0.3) is 0 Å². The standard InChI is InChI=1S/C15H20FN3O3S/c1-9(14(20)12-5-7-13(16)8-6-12)18-23(21,22)15-10(2)17-19(4)11(15)3/h5-9,14,18,20H,1-4H3. The molecule has 2 unspecified atom stereocenters. The number of benzene rings is 1. The van der Waals surface area contributed by atoms with Crippen molar-refractivity contribution in [1.82, 2.24) is 14.5 Å². The molecule has 8 heteroatoms. The van der Waals surface area contributed by atoms with Crippen molar-refractivity contribution in [3.05, 3.63) is 47.0 Å². The molecule has 0 aliphatic rings. The van der Waals surface area contributed by atoms with Gasteiger partial charge in [0.25, 0.3) is 0 Å². The molecule has 0 radical (unpaired) electrons. The maximum atomic E-state index is 12.9. The van der Waals surface area contributed by atoms with E-state index in [4.69, 9.17) is 0 Å². The minimum absolute atomic E-state index is 0.109. The third-order valence-corrected chi connectivity index (χ3v) is 5.55. The summed E-state index contributed by atoms with van der Waals surface area (Å²) in [5.74, 6) is -0.421. The van der Waals surface area contributed by atoms with E-state index in [-0.39, 0.29) is 4.90 Å². The fraction of sp³-hybridized carbons (Fsp3) is 0.400. The van der Waals surface area contributed by atoms with Crippen LogP contribution in [0, 0.1) is 19.7 Å². The summed E-state index contributed by atoms with van der Waals surface area (Å²) in [6.45, 7) is 4.82. The van der Waals surface area contributed by atoms with E-state index >= 15 is 0 Å². The lowest BCUT2D eigenvalue weighted by Gasteiger charge is -2.20. The van der Waals surface area contributed by atoms with Crippen molar-refractivity contribution in [3.63, 3.8) is 0 Å². The van der Waals surface area contributed by atoms with Gasteiger partial charge >= 0.3 is 0 Å². The third kappa shape index (κ3) is 3.60. The summed E-state index contributed by atoms with van der Waals surface area (Å²) in [4.78, 5) is 0.109. The van der Waals surface area contributed by atoms with Gasteiger partial charge in [-0.3, -0.25) is 4.68 Å². The summed E-state index contributed by atoms with van der Waals surface area (Å²) in [6, 6.07) is 4.49. The summed E-state index contributed by atoms with van der Waals surface area (Å²) >= 11 is 0. The zero-order valence-electron chi connectivity index (χ0n) is 13.4. The zero-order chi connectivity index (χ0) is 17.4. The Morgan fingerprint density at radius 2 is 1.83 bits per heavy atom. The van der Waals surface area contributed by atoms with Crippen molar-refractivity contribution < 1.29 is 17.9 Å². The molecule has 0 saturated heterocycles. The predicted molar refractivity (Wildman–Crippen MR) is 83.8 cm³/mol. The van der Waals surface area contributed by atoms with Crippen molar-refractivity contribution in [2.24, 2.45) is 7.05 Å². The number of aromatic nitrogens is 2. The number of hydrogen-bond acceptors (Lipinski definition) is 4. The largest absolute Gasteiger partial charge is 0.387 e. The molecule has 2 atom stereocenters. The van der Waals surface area contributed by atoms with Crippen LogP contribution in [0.2, 0.25) is 0 Å². The van der Waals surface area contributed by atoms with Gasteiger partial charge in [-0.15, -0.1) is 0 Å². The van der Waals surface area contributed by atoms with E-state index in [2.05, 4.69) is 9.82 Å². The van der Waals surface area contributed by atoms with Crippen molar-refractivity contribution in [2.75, 3.05) is 0 Å². The number of aliphatic hydroxyl groups is 1. The Kier molecular flexibility index (Phi) is 4.88. The topological polar surface area (TPSA) is 84.2 Å². The van der Waals surface area contributed by atoms with E-state index in [0.717, 1.165) is 0 Å². The zero-order valence-corrected chi connectivity index (χ0v) is 14.2. The van der Waals surface area contributed by atoms with Crippen molar-refractivity contribution in [3.8, 4) is 0 Å². The van der Waals surface area contributed by atoms with Crippen LogP contribution in [-0.4, -0.2) is 29.3 Å². The van der Waals surface area contributed by atoms with Crippen LogP contribution in [0.3, 0.4) is 0 Å². The Bertz CT molecular complexity index is 800. The molecule has 1 heterocycles. The average molecular weight is 341 g/mol. The van der Waals surface area contributed by atoms with Crippen LogP contribution in [0.4, 0.5) is 4.39 Å². The van der Waals surface area contributed by atoms with E-state index in [9.17, 15) is 17.9 Å². The monoisotopic (exact) mass is 341 g/mol.